The van der Waals surface area contributed by atoms with Crippen LogP contribution in [-0.4, -0.2) is 39.6 Å². The minimum atomic E-state index is 0.904. The average molecular weight is 214 g/mol. The average Bonchev–Trinajstić information content (AvgIpc) is 2.69. The quantitative estimate of drug-likeness (QED) is 0.656. The Hall–Kier alpha value is -0.550. The van der Waals surface area contributed by atoms with Gasteiger partial charge in [0.1, 0.15) is 0 Å². The summed E-state index contributed by atoms with van der Waals surface area (Å²) in [6.07, 6.45) is 4.84. The Bertz CT molecular complexity index is 213. The molecule has 5 heteroatoms. The number of hydrogen-bond donors (Lipinski definition) is 1. The van der Waals surface area contributed by atoms with Gasteiger partial charge in [0, 0.05) is 12.7 Å². The lowest BCUT2D eigenvalue weighted by molar-refractivity contribution is 0.540. The fourth-order valence-electron chi connectivity index (χ4n) is 1.11. The molecule has 0 atom stereocenters. The van der Waals surface area contributed by atoms with Crippen LogP contribution < -0.4 is 5.32 Å². The van der Waals surface area contributed by atoms with E-state index in [9.17, 15) is 0 Å². The van der Waals surface area contributed by atoms with Crippen molar-refractivity contribution in [1.82, 2.24) is 20.3 Å². The van der Waals surface area contributed by atoms with Gasteiger partial charge in [-0.1, -0.05) is 12.1 Å². The van der Waals surface area contributed by atoms with Gasteiger partial charge in [-0.25, -0.2) is 0 Å². The van der Waals surface area contributed by atoms with E-state index in [1.54, 1.807) is 6.20 Å². The first-order valence-corrected chi connectivity index (χ1v) is 6.21. The second kappa shape index (κ2) is 7.82. The summed E-state index contributed by atoms with van der Waals surface area (Å²) in [5.41, 5.74) is 0. The van der Waals surface area contributed by atoms with Crippen LogP contribution in [0.15, 0.2) is 12.4 Å². The summed E-state index contributed by atoms with van der Waals surface area (Å²) in [4.78, 5) is 0. The Kier molecular flexibility index (Phi) is 6.43. The first-order chi connectivity index (χ1) is 6.93. The molecule has 0 saturated heterocycles. The molecule has 14 heavy (non-hydrogen) atoms. The van der Waals surface area contributed by atoms with Crippen LogP contribution in [-0.2, 0) is 6.54 Å². The van der Waals surface area contributed by atoms with Crippen molar-refractivity contribution < 1.29 is 0 Å². The third kappa shape index (κ3) is 5.24. The molecule has 0 radical (unpaired) electrons. The highest BCUT2D eigenvalue weighted by molar-refractivity contribution is 7.99. The molecule has 1 rings (SSSR count). The maximum atomic E-state index is 3.89. The van der Waals surface area contributed by atoms with E-state index in [2.05, 4.69) is 22.6 Å². The van der Waals surface area contributed by atoms with Crippen molar-refractivity contribution >= 4 is 11.8 Å². The molecule has 1 heterocycles. The van der Waals surface area contributed by atoms with Crippen molar-refractivity contribution in [2.45, 2.75) is 19.9 Å². The summed E-state index contributed by atoms with van der Waals surface area (Å²) in [7, 11) is 0. The zero-order valence-corrected chi connectivity index (χ0v) is 9.46. The van der Waals surface area contributed by atoms with Gasteiger partial charge < -0.3 is 5.32 Å². The van der Waals surface area contributed by atoms with E-state index in [1.165, 1.54) is 17.9 Å². The van der Waals surface area contributed by atoms with Crippen LogP contribution in [0.25, 0.3) is 0 Å². The van der Waals surface area contributed by atoms with Crippen LogP contribution >= 0.6 is 11.8 Å². The molecule has 0 bridgehead atoms. The summed E-state index contributed by atoms with van der Waals surface area (Å²) >= 11 is 2.00. The van der Waals surface area contributed by atoms with E-state index in [1.807, 2.05) is 22.6 Å². The van der Waals surface area contributed by atoms with Gasteiger partial charge in [-0.15, -0.1) is 5.10 Å². The Morgan fingerprint density at radius 2 is 2.36 bits per heavy atom. The molecule has 1 N–H and O–H groups in total. The molecular weight excluding hydrogens is 196 g/mol. The lowest BCUT2D eigenvalue weighted by Gasteiger charge is -2.03. The van der Waals surface area contributed by atoms with E-state index in [0.717, 1.165) is 19.6 Å². The fourth-order valence-corrected chi connectivity index (χ4v) is 1.75. The van der Waals surface area contributed by atoms with Gasteiger partial charge >= 0.3 is 0 Å². The predicted molar refractivity (Wildman–Crippen MR) is 60.5 cm³/mol. The molecule has 0 aromatic carbocycles. The summed E-state index contributed by atoms with van der Waals surface area (Å²) < 4.78 is 1.84. The van der Waals surface area contributed by atoms with Gasteiger partial charge in [0.15, 0.2) is 0 Å². The molecular formula is C9H18N4S. The van der Waals surface area contributed by atoms with Crippen molar-refractivity contribution in [3.8, 4) is 0 Å². The SMILES string of the molecule is CCSCCCNCCn1ccnn1. The predicted octanol–water partition coefficient (Wildman–Crippen LogP) is 1.01. The second-order valence-electron chi connectivity index (χ2n) is 2.97. The van der Waals surface area contributed by atoms with Crippen molar-refractivity contribution in [2.24, 2.45) is 0 Å². The lowest BCUT2D eigenvalue weighted by atomic mass is 10.4. The Labute approximate surface area is 89.5 Å². The van der Waals surface area contributed by atoms with Crippen LogP contribution in [0.5, 0.6) is 0 Å². The normalized spacial score (nSPS) is 10.6. The molecule has 0 spiro atoms. The Balaban J connectivity index is 1.85. The van der Waals surface area contributed by atoms with Crippen molar-refractivity contribution in [3.63, 3.8) is 0 Å². The second-order valence-corrected chi connectivity index (χ2v) is 4.36. The van der Waals surface area contributed by atoms with Gasteiger partial charge in [-0.05, 0) is 24.5 Å². The van der Waals surface area contributed by atoms with Gasteiger partial charge in [-0.2, -0.15) is 11.8 Å². The topological polar surface area (TPSA) is 42.7 Å². The number of rotatable bonds is 8. The molecule has 80 valence electrons. The van der Waals surface area contributed by atoms with Crippen LogP contribution in [0.1, 0.15) is 13.3 Å². The monoisotopic (exact) mass is 214 g/mol. The van der Waals surface area contributed by atoms with Crippen molar-refractivity contribution in [1.29, 1.82) is 0 Å². The highest BCUT2D eigenvalue weighted by Crippen LogP contribution is 1.99. The van der Waals surface area contributed by atoms with E-state index >= 15 is 0 Å². The van der Waals surface area contributed by atoms with Crippen molar-refractivity contribution in [2.75, 3.05) is 24.6 Å². The summed E-state index contributed by atoms with van der Waals surface area (Å²) in [6.45, 7) is 5.17. The number of nitrogens with zero attached hydrogens (tertiary/aromatic N) is 3. The number of hydrogen-bond acceptors (Lipinski definition) is 4. The summed E-state index contributed by atoms with van der Waals surface area (Å²) in [5.74, 6) is 2.48. The first-order valence-electron chi connectivity index (χ1n) is 5.06. The Morgan fingerprint density at radius 3 is 3.07 bits per heavy atom. The molecule has 1 aromatic rings. The third-order valence-corrected chi connectivity index (χ3v) is 2.82. The number of thioether (sulfide) groups is 1. The molecule has 0 saturated carbocycles. The zero-order chi connectivity index (χ0) is 10.1. The lowest BCUT2D eigenvalue weighted by Crippen LogP contribution is -2.21. The maximum absolute atomic E-state index is 3.89. The largest absolute Gasteiger partial charge is 0.315 e. The van der Waals surface area contributed by atoms with Crippen molar-refractivity contribution in [3.05, 3.63) is 12.4 Å². The number of nitrogens with one attached hydrogen (secondary N) is 1. The minimum absolute atomic E-state index is 0.904. The van der Waals surface area contributed by atoms with Crippen LogP contribution in [0, 0.1) is 0 Å². The minimum Gasteiger partial charge on any atom is -0.315 e. The van der Waals surface area contributed by atoms with Crippen LogP contribution in [0.2, 0.25) is 0 Å². The van der Waals surface area contributed by atoms with Gasteiger partial charge in [-0.3, -0.25) is 4.68 Å². The van der Waals surface area contributed by atoms with Gasteiger partial charge in [0.25, 0.3) is 0 Å². The molecule has 4 nitrogen and oxygen atoms in total. The van der Waals surface area contributed by atoms with Gasteiger partial charge in [0.2, 0.25) is 0 Å². The molecule has 0 aliphatic heterocycles. The zero-order valence-electron chi connectivity index (χ0n) is 8.65. The summed E-state index contributed by atoms with van der Waals surface area (Å²) in [6, 6.07) is 0. The first kappa shape index (κ1) is 11.5. The smallest absolute Gasteiger partial charge is 0.0692 e. The fraction of sp³-hybridized carbons (Fsp3) is 0.778. The molecule has 1 aromatic heterocycles. The standard InChI is InChI=1S/C9H18N4S/c1-2-14-9-3-4-10-5-7-13-8-6-11-12-13/h6,8,10H,2-5,7,9H2,1H3. The molecule has 0 amide bonds. The van der Waals surface area contributed by atoms with Gasteiger partial charge in [0.05, 0.1) is 12.7 Å². The molecule has 0 fully saturated rings. The third-order valence-electron chi connectivity index (χ3n) is 1.84. The van der Waals surface area contributed by atoms with Crippen LogP contribution in [0.4, 0.5) is 0 Å². The van der Waals surface area contributed by atoms with E-state index < -0.39 is 0 Å². The molecule has 0 aliphatic rings. The number of aromatic nitrogens is 3. The Morgan fingerprint density at radius 1 is 1.43 bits per heavy atom. The van der Waals surface area contributed by atoms with Crippen LogP contribution in [0.3, 0.4) is 0 Å². The maximum Gasteiger partial charge on any atom is 0.0692 e. The van der Waals surface area contributed by atoms with E-state index in [0.29, 0.717) is 0 Å². The highest BCUT2D eigenvalue weighted by Gasteiger charge is 1.91. The molecule has 0 aliphatic carbocycles. The highest BCUT2D eigenvalue weighted by atomic mass is 32.2. The van der Waals surface area contributed by atoms with E-state index in [-0.39, 0.29) is 0 Å². The van der Waals surface area contributed by atoms with E-state index in [4.69, 9.17) is 0 Å². The molecule has 0 unspecified atom stereocenters. The summed E-state index contributed by atoms with van der Waals surface area (Å²) in [5, 5.41) is 11.0.